The summed E-state index contributed by atoms with van der Waals surface area (Å²) in [6.45, 7) is 9.34. The number of carbonyl (C=O) groups is 1. The second-order valence-corrected chi connectivity index (χ2v) is 7.53. The Balaban J connectivity index is 1.61. The molecule has 4 rings (SSSR count). The maximum atomic E-state index is 14.1. The molecule has 0 N–H and O–H groups in total. The maximum absolute atomic E-state index is 14.1. The highest BCUT2D eigenvalue weighted by Gasteiger charge is 2.28. The van der Waals surface area contributed by atoms with E-state index in [1.54, 1.807) is 25.0 Å². The molecule has 2 aromatic rings. The monoisotopic (exact) mass is 411 g/mol. The van der Waals surface area contributed by atoms with Gasteiger partial charge in [-0.05, 0) is 31.6 Å². The Labute approximate surface area is 175 Å². The molecule has 1 saturated heterocycles. The Bertz CT molecular complexity index is 972. The van der Waals surface area contributed by atoms with Crippen LogP contribution in [0.2, 0.25) is 0 Å². The molecule has 158 valence electrons. The molecule has 2 aliphatic rings. The predicted molar refractivity (Wildman–Crippen MR) is 113 cm³/mol. The second-order valence-electron chi connectivity index (χ2n) is 7.53. The standard InChI is InChI=1S/C22H26FN5O2/c1-4-20(29)26-10-12-27(13-11-26)21-16-8-9-28(14-18(16)24-22(25-21)30-3)19-7-5-6-17(23)15(19)2/h4-7H,1,8-14H2,2-3H3. The molecule has 8 heteroatoms. The molecule has 1 aromatic carbocycles. The molecule has 30 heavy (non-hydrogen) atoms. The van der Waals surface area contributed by atoms with Crippen molar-refractivity contribution in [1.82, 2.24) is 14.9 Å². The van der Waals surface area contributed by atoms with Crippen molar-refractivity contribution in [3.05, 3.63) is 53.5 Å². The third-order valence-corrected chi connectivity index (χ3v) is 5.85. The van der Waals surface area contributed by atoms with E-state index in [2.05, 4.69) is 26.3 Å². The normalized spacial score (nSPS) is 16.3. The summed E-state index contributed by atoms with van der Waals surface area (Å²) in [5.41, 5.74) is 3.53. The van der Waals surface area contributed by atoms with Gasteiger partial charge in [0.2, 0.25) is 5.91 Å². The lowest BCUT2D eigenvalue weighted by Crippen LogP contribution is -2.49. The summed E-state index contributed by atoms with van der Waals surface area (Å²) in [7, 11) is 1.56. The number of carbonyl (C=O) groups excluding carboxylic acids is 1. The molecule has 3 heterocycles. The molecule has 0 atom stereocenters. The molecule has 0 spiro atoms. The van der Waals surface area contributed by atoms with Crippen molar-refractivity contribution in [2.24, 2.45) is 0 Å². The highest BCUT2D eigenvalue weighted by atomic mass is 19.1. The maximum Gasteiger partial charge on any atom is 0.318 e. The molecule has 0 saturated carbocycles. The van der Waals surface area contributed by atoms with Crippen LogP contribution in [-0.2, 0) is 17.8 Å². The van der Waals surface area contributed by atoms with E-state index in [1.165, 1.54) is 12.1 Å². The van der Waals surface area contributed by atoms with Crippen molar-refractivity contribution in [3.63, 3.8) is 0 Å². The lowest BCUT2D eigenvalue weighted by atomic mass is 10.0. The van der Waals surface area contributed by atoms with Crippen LogP contribution in [-0.4, -0.2) is 60.6 Å². The van der Waals surface area contributed by atoms with E-state index in [0.717, 1.165) is 35.7 Å². The van der Waals surface area contributed by atoms with Gasteiger partial charge in [0.15, 0.2) is 0 Å². The fourth-order valence-corrected chi connectivity index (χ4v) is 4.15. The number of amides is 1. The number of piperazine rings is 1. The number of methoxy groups -OCH3 is 1. The predicted octanol–water partition coefficient (Wildman–Crippen LogP) is 2.33. The second kappa shape index (κ2) is 8.30. The largest absolute Gasteiger partial charge is 0.467 e. The first-order valence-electron chi connectivity index (χ1n) is 10.1. The summed E-state index contributed by atoms with van der Waals surface area (Å²) in [6, 6.07) is 5.49. The number of rotatable bonds is 4. The van der Waals surface area contributed by atoms with Gasteiger partial charge in [-0.25, -0.2) is 4.39 Å². The summed E-state index contributed by atoms with van der Waals surface area (Å²) >= 11 is 0. The number of anilines is 2. The average Bonchev–Trinajstić information content (AvgIpc) is 2.79. The summed E-state index contributed by atoms with van der Waals surface area (Å²) in [4.78, 5) is 27.3. The van der Waals surface area contributed by atoms with Crippen LogP contribution >= 0.6 is 0 Å². The van der Waals surface area contributed by atoms with Crippen LogP contribution in [0.25, 0.3) is 0 Å². The molecule has 7 nitrogen and oxygen atoms in total. The van der Waals surface area contributed by atoms with Gasteiger partial charge in [-0.2, -0.15) is 9.97 Å². The van der Waals surface area contributed by atoms with Gasteiger partial charge in [-0.15, -0.1) is 0 Å². The number of ether oxygens (including phenoxy) is 1. The van der Waals surface area contributed by atoms with Gasteiger partial charge in [0, 0.05) is 49.5 Å². The number of fused-ring (bicyclic) bond motifs is 1. The first kappa shape index (κ1) is 20.1. The first-order valence-corrected chi connectivity index (χ1v) is 10.1. The summed E-state index contributed by atoms with van der Waals surface area (Å²) in [5.74, 6) is 0.627. The topological polar surface area (TPSA) is 61.8 Å². The number of nitrogens with zero attached hydrogens (tertiary/aromatic N) is 5. The van der Waals surface area contributed by atoms with Gasteiger partial charge in [0.1, 0.15) is 11.6 Å². The molecule has 1 aromatic heterocycles. The van der Waals surface area contributed by atoms with Crippen molar-refractivity contribution in [2.75, 3.05) is 49.6 Å². The van der Waals surface area contributed by atoms with Gasteiger partial charge in [-0.3, -0.25) is 4.79 Å². The summed E-state index contributed by atoms with van der Waals surface area (Å²) in [5, 5.41) is 0. The lowest BCUT2D eigenvalue weighted by molar-refractivity contribution is -0.126. The molecule has 0 aliphatic carbocycles. The average molecular weight is 411 g/mol. The minimum Gasteiger partial charge on any atom is -0.467 e. The first-order chi connectivity index (χ1) is 14.5. The minimum atomic E-state index is -0.203. The van der Waals surface area contributed by atoms with E-state index >= 15 is 0 Å². The quantitative estimate of drug-likeness (QED) is 0.720. The zero-order valence-corrected chi connectivity index (χ0v) is 17.4. The molecule has 0 unspecified atom stereocenters. The van der Waals surface area contributed by atoms with Crippen LogP contribution < -0.4 is 14.5 Å². The van der Waals surface area contributed by atoms with Crippen molar-refractivity contribution < 1.29 is 13.9 Å². The van der Waals surface area contributed by atoms with Crippen molar-refractivity contribution in [3.8, 4) is 6.01 Å². The Kier molecular flexibility index (Phi) is 5.57. The number of halogens is 1. The smallest absolute Gasteiger partial charge is 0.318 e. The third kappa shape index (κ3) is 3.69. The van der Waals surface area contributed by atoms with E-state index in [9.17, 15) is 9.18 Å². The molecule has 1 fully saturated rings. The van der Waals surface area contributed by atoms with Gasteiger partial charge in [-0.1, -0.05) is 12.6 Å². The van der Waals surface area contributed by atoms with E-state index in [4.69, 9.17) is 4.74 Å². The Morgan fingerprint density at radius 3 is 2.63 bits per heavy atom. The fourth-order valence-electron chi connectivity index (χ4n) is 4.15. The van der Waals surface area contributed by atoms with Crippen LogP contribution in [0.15, 0.2) is 30.9 Å². The molecular weight excluding hydrogens is 385 g/mol. The fraction of sp³-hybridized carbons (Fsp3) is 0.409. The van der Waals surface area contributed by atoms with Gasteiger partial charge < -0.3 is 19.4 Å². The third-order valence-electron chi connectivity index (χ3n) is 5.85. The van der Waals surface area contributed by atoms with Crippen molar-refractivity contribution in [1.29, 1.82) is 0 Å². The molecule has 0 bridgehead atoms. The molecular formula is C22H26FN5O2. The Morgan fingerprint density at radius 2 is 1.93 bits per heavy atom. The highest BCUT2D eigenvalue weighted by molar-refractivity contribution is 5.87. The van der Waals surface area contributed by atoms with E-state index in [-0.39, 0.29) is 11.7 Å². The number of aromatic nitrogens is 2. The molecule has 1 amide bonds. The molecule has 2 aliphatic heterocycles. The summed E-state index contributed by atoms with van der Waals surface area (Å²) < 4.78 is 19.4. The number of hydrogen-bond acceptors (Lipinski definition) is 6. The SMILES string of the molecule is C=CC(=O)N1CCN(c2nc(OC)nc3c2CCN(c2cccc(F)c2C)C3)CC1. The van der Waals surface area contributed by atoms with Crippen LogP contribution in [0.3, 0.4) is 0 Å². The van der Waals surface area contributed by atoms with Crippen molar-refractivity contribution >= 4 is 17.4 Å². The Hall–Kier alpha value is -3.16. The van der Waals surface area contributed by atoms with Crippen LogP contribution in [0.5, 0.6) is 6.01 Å². The van der Waals surface area contributed by atoms with Gasteiger partial charge in [0.05, 0.1) is 19.3 Å². The van der Waals surface area contributed by atoms with Crippen LogP contribution in [0.4, 0.5) is 15.9 Å². The summed E-state index contributed by atoms with van der Waals surface area (Å²) in [6.07, 6.45) is 2.12. The molecule has 0 radical (unpaired) electrons. The number of benzene rings is 1. The zero-order valence-electron chi connectivity index (χ0n) is 17.4. The van der Waals surface area contributed by atoms with E-state index < -0.39 is 0 Å². The van der Waals surface area contributed by atoms with Gasteiger partial charge >= 0.3 is 6.01 Å². The van der Waals surface area contributed by atoms with E-state index in [1.807, 2.05) is 6.07 Å². The number of hydrogen-bond donors (Lipinski definition) is 0. The van der Waals surface area contributed by atoms with Gasteiger partial charge in [0.25, 0.3) is 0 Å². The highest BCUT2D eigenvalue weighted by Crippen LogP contribution is 2.32. The van der Waals surface area contributed by atoms with Crippen LogP contribution in [0.1, 0.15) is 16.8 Å². The minimum absolute atomic E-state index is 0.0435. The van der Waals surface area contributed by atoms with Crippen LogP contribution in [0, 0.1) is 12.7 Å². The van der Waals surface area contributed by atoms with Crippen molar-refractivity contribution in [2.45, 2.75) is 19.9 Å². The Morgan fingerprint density at radius 1 is 1.17 bits per heavy atom. The van der Waals surface area contributed by atoms with E-state index in [0.29, 0.717) is 44.3 Å². The lowest BCUT2D eigenvalue weighted by Gasteiger charge is -2.38. The zero-order chi connectivity index (χ0) is 21.3.